The lowest BCUT2D eigenvalue weighted by molar-refractivity contribution is 0.402. The lowest BCUT2D eigenvalue weighted by Crippen LogP contribution is -2.24. The molecule has 0 aliphatic heterocycles. The van der Waals surface area contributed by atoms with Crippen LogP contribution in [0.1, 0.15) is 37.4 Å². The molecular weight excluding hydrogens is 424 g/mol. The lowest BCUT2D eigenvalue weighted by Gasteiger charge is -2.14. The van der Waals surface area contributed by atoms with Crippen LogP contribution in [0.15, 0.2) is 53.7 Å². The van der Waals surface area contributed by atoms with Crippen molar-refractivity contribution in [3.63, 3.8) is 0 Å². The van der Waals surface area contributed by atoms with E-state index >= 15 is 0 Å². The first-order valence-electron chi connectivity index (χ1n) is 9.80. The van der Waals surface area contributed by atoms with Gasteiger partial charge < -0.3 is 4.74 Å². The first kappa shape index (κ1) is 20.8. The molecule has 0 amide bonds. The highest BCUT2D eigenvalue weighted by Gasteiger charge is 2.24. The van der Waals surface area contributed by atoms with Gasteiger partial charge in [0, 0.05) is 23.0 Å². The van der Waals surface area contributed by atoms with Crippen LogP contribution in [-0.2, 0) is 16.6 Å². The van der Waals surface area contributed by atoms with Gasteiger partial charge in [-0.15, -0.1) is 0 Å². The van der Waals surface area contributed by atoms with E-state index in [1.807, 2.05) is 22.9 Å². The van der Waals surface area contributed by atoms with Gasteiger partial charge >= 0.3 is 0 Å². The van der Waals surface area contributed by atoms with Crippen LogP contribution in [0.2, 0.25) is 5.02 Å². The highest BCUT2D eigenvalue weighted by Crippen LogP contribution is 2.34. The maximum absolute atomic E-state index is 12.9. The summed E-state index contributed by atoms with van der Waals surface area (Å²) in [5.74, 6) is 0.237. The van der Waals surface area contributed by atoms with Crippen molar-refractivity contribution in [2.24, 2.45) is 0 Å². The van der Waals surface area contributed by atoms with Gasteiger partial charge in [0.15, 0.2) is 0 Å². The minimum absolute atomic E-state index is 0.00193. The summed E-state index contributed by atoms with van der Waals surface area (Å²) in [6.07, 6.45) is 7.99. The van der Waals surface area contributed by atoms with Crippen LogP contribution in [-0.4, -0.2) is 30.3 Å². The average molecular weight is 447 g/mol. The molecule has 1 aliphatic rings. The molecule has 7 nitrogen and oxygen atoms in total. The monoisotopic (exact) mass is 446 g/mol. The van der Waals surface area contributed by atoms with Gasteiger partial charge in [-0.2, -0.15) is 5.10 Å². The number of nitrogens with zero attached hydrogens (tertiary/aromatic N) is 3. The van der Waals surface area contributed by atoms with E-state index in [-0.39, 0.29) is 17.2 Å². The average Bonchev–Trinajstić information content (AvgIpc) is 3.43. The highest BCUT2D eigenvalue weighted by atomic mass is 35.5. The molecule has 0 saturated heterocycles. The molecule has 3 aromatic rings. The molecule has 2 aromatic heterocycles. The van der Waals surface area contributed by atoms with Crippen molar-refractivity contribution >= 4 is 21.6 Å². The molecule has 4 rings (SSSR count). The predicted molar refractivity (Wildman–Crippen MR) is 115 cm³/mol. The van der Waals surface area contributed by atoms with Crippen molar-refractivity contribution in [2.75, 3.05) is 7.11 Å². The molecule has 9 heteroatoms. The molecule has 2 heterocycles. The second-order valence-electron chi connectivity index (χ2n) is 7.26. The zero-order chi connectivity index (χ0) is 21.1. The first-order chi connectivity index (χ1) is 14.5. The van der Waals surface area contributed by atoms with Crippen molar-refractivity contribution in [1.29, 1.82) is 0 Å². The van der Waals surface area contributed by atoms with E-state index < -0.39 is 10.0 Å². The van der Waals surface area contributed by atoms with E-state index in [4.69, 9.17) is 21.4 Å². The SMILES string of the molecule is COc1ccc(Cl)cc1S(=O)(=O)NCc1cc(-c2ccncc2)n(C2CCCC2)n1. The van der Waals surface area contributed by atoms with E-state index in [0.29, 0.717) is 16.8 Å². The van der Waals surface area contributed by atoms with Gasteiger partial charge in [-0.1, -0.05) is 24.4 Å². The number of aromatic nitrogens is 3. The van der Waals surface area contributed by atoms with Gasteiger partial charge in [0.05, 0.1) is 31.1 Å². The zero-order valence-electron chi connectivity index (χ0n) is 16.6. The van der Waals surface area contributed by atoms with Crippen LogP contribution in [0.4, 0.5) is 0 Å². The van der Waals surface area contributed by atoms with E-state index in [2.05, 4.69) is 9.71 Å². The van der Waals surface area contributed by atoms with Crippen LogP contribution in [0.25, 0.3) is 11.3 Å². The minimum atomic E-state index is -3.83. The fraction of sp³-hybridized carbons (Fsp3) is 0.333. The smallest absolute Gasteiger partial charge is 0.244 e. The topological polar surface area (TPSA) is 86.1 Å². The predicted octanol–water partition coefficient (Wildman–Crippen LogP) is 4.20. The van der Waals surface area contributed by atoms with Crippen molar-refractivity contribution < 1.29 is 13.2 Å². The molecule has 30 heavy (non-hydrogen) atoms. The number of hydrogen-bond donors (Lipinski definition) is 1. The van der Waals surface area contributed by atoms with Crippen LogP contribution in [0.5, 0.6) is 5.75 Å². The van der Waals surface area contributed by atoms with Gasteiger partial charge in [-0.05, 0) is 49.2 Å². The molecule has 1 aliphatic carbocycles. The van der Waals surface area contributed by atoms with Crippen molar-refractivity contribution in [3.8, 4) is 17.0 Å². The Morgan fingerprint density at radius 3 is 2.60 bits per heavy atom. The van der Waals surface area contributed by atoms with Crippen LogP contribution < -0.4 is 9.46 Å². The second kappa shape index (κ2) is 8.75. The summed E-state index contributed by atoms with van der Waals surface area (Å²) in [6.45, 7) is 0.0653. The van der Waals surface area contributed by atoms with Crippen LogP contribution in [0, 0.1) is 0 Å². The molecular formula is C21H23ClN4O3S. The van der Waals surface area contributed by atoms with Crippen molar-refractivity contribution in [3.05, 3.63) is 59.5 Å². The van der Waals surface area contributed by atoms with E-state index in [1.54, 1.807) is 18.5 Å². The molecule has 0 radical (unpaired) electrons. The molecule has 0 atom stereocenters. The molecule has 1 saturated carbocycles. The molecule has 0 spiro atoms. The molecule has 0 unspecified atom stereocenters. The molecule has 1 aromatic carbocycles. The fourth-order valence-corrected chi connectivity index (χ4v) is 5.23. The summed E-state index contributed by atoms with van der Waals surface area (Å²) in [6, 6.07) is 10.6. The number of nitrogens with one attached hydrogen (secondary N) is 1. The Morgan fingerprint density at radius 1 is 1.17 bits per heavy atom. The van der Waals surface area contributed by atoms with E-state index in [0.717, 1.165) is 24.1 Å². The Bertz CT molecular complexity index is 1130. The number of halogens is 1. The Morgan fingerprint density at radius 2 is 1.90 bits per heavy atom. The van der Waals surface area contributed by atoms with E-state index in [1.165, 1.54) is 32.1 Å². The largest absolute Gasteiger partial charge is 0.495 e. The van der Waals surface area contributed by atoms with Gasteiger partial charge in [0.1, 0.15) is 10.6 Å². The third-order valence-electron chi connectivity index (χ3n) is 5.29. The van der Waals surface area contributed by atoms with E-state index in [9.17, 15) is 8.42 Å². The quantitative estimate of drug-likeness (QED) is 0.587. The molecule has 158 valence electrons. The summed E-state index contributed by atoms with van der Waals surface area (Å²) in [5.41, 5.74) is 2.63. The number of sulfonamides is 1. The number of benzene rings is 1. The third-order valence-corrected chi connectivity index (χ3v) is 6.95. The summed E-state index contributed by atoms with van der Waals surface area (Å²) < 4.78 is 35.6. The van der Waals surface area contributed by atoms with Gasteiger partial charge in [-0.25, -0.2) is 13.1 Å². The van der Waals surface area contributed by atoms with Crippen molar-refractivity contribution in [1.82, 2.24) is 19.5 Å². The van der Waals surface area contributed by atoms with Crippen LogP contribution >= 0.6 is 11.6 Å². The number of ether oxygens (including phenoxy) is 1. The summed E-state index contributed by atoms with van der Waals surface area (Å²) in [5, 5.41) is 5.06. The standard InChI is InChI=1S/C21H23ClN4O3S/c1-29-20-7-6-16(22)12-21(20)30(27,28)24-14-17-13-19(15-8-10-23-11-9-15)26(25-17)18-4-2-3-5-18/h6-13,18,24H,2-5,14H2,1H3. The fourth-order valence-electron chi connectivity index (χ4n) is 3.80. The number of pyridine rings is 1. The Hall–Kier alpha value is -2.42. The number of methoxy groups -OCH3 is 1. The number of hydrogen-bond acceptors (Lipinski definition) is 5. The minimum Gasteiger partial charge on any atom is -0.495 e. The maximum Gasteiger partial charge on any atom is 0.244 e. The first-order valence-corrected chi connectivity index (χ1v) is 11.7. The summed E-state index contributed by atoms with van der Waals surface area (Å²) >= 11 is 5.99. The van der Waals surface area contributed by atoms with Gasteiger partial charge in [-0.3, -0.25) is 9.67 Å². The maximum atomic E-state index is 12.9. The highest BCUT2D eigenvalue weighted by molar-refractivity contribution is 7.89. The third kappa shape index (κ3) is 4.35. The molecule has 1 fully saturated rings. The Kier molecular flexibility index (Phi) is 6.08. The molecule has 0 bridgehead atoms. The van der Waals surface area contributed by atoms with Crippen LogP contribution in [0.3, 0.4) is 0 Å². The molecule has 1 N–H and O–H groups in total. The van der Waals surface area contributed by atoms with Crippen molar-refractivity contribution in [2.45, 2.75) is 43.2 Å². The number of rotatable bonds is 7. The van der Waals surface area contributed by atoms with Gasteiger partial charge in [0.2, 0.25) is 10.0 Å². The lowest BCUT2D eigenvalue weighted by atomic mass is 10.1. The van der Waals surface area contributed by atoms with Gasteiger partial charge in [0.25, 0.3) is 0 Å². The Balaban J connectivity index is 1.62. The summed E-state index contributed by atoms with van der Waals surface area (Å²) in [4.78, 5) is 4.09. The summed E-state index contributed by atoms with van der Waals surface area (Å²) in [7, 11) is -2.41. The Labute approximate surface area is 181 Å². The normalized spacial score (nSPS) is 14.9. The zero-order valence-corrected chi connectivity index (χ0v) is 18.2. The second-order valence-corrected chi connectivity index (χ2v) is 9.43.